The number of anilines is 2. The fraction of sp³-hybridized carbons (Fsp3) is 0.167. The average molecular weight is 451 g/mol. The first-order chi connectivity index (χ1) is 15.1. The van der Waals surface area contributed by atoms with Crippen molar-refractivity contribution in [3.05, 3.63) is 89.4 Å². The highest BCUT2D eigenvalue weighted by Crippen LogP contribution is 2.47. The van der Waals surface area contributed by atoms with Crippen LogP contribution in [0, 0.1) is 5.92 Å². The molecule has 3 aromatic carbocycles. The number of carbonyl (C=O) groups is 2. The molecule has 0 aromatic heterocycles. The summed E-state index contributed by atoms with van der Waals surface area (Å²) in [6.07, 6.45) is 1.14. The third-order valence-corrected chi connectivity index (χ3v) is 6.66. The van der Waals surface area contributed by atoms with Crippen LogP contribution in [-0.4, -0.2) is 24.2 Å². The van der Waals surface area contributed by atoms with Crippen molar-refractivity contribution < 1.29 is 14.4 Å². The molecular weight excluding hydrogens is 432 g/mol. The number of imide groups is 1. The van der Waals surface area contributed by atoms with Crippen LogP contribution in [0.2, 0.25) is 5.02 Å². The Balaban J connectivity index is 1.57. The van der Waals surface area contributed by atoms with E-state index in [4.69, 9.17) is 16.4 Å². The normalized spacial score (nSPS) is 22.8. The molecule has 7 heteroatoms. The lowest BCUT2D eigenvalue weighted by Gasteiger charge is -2.28. The Morgan fingerprint density at radius 1 is 0.839 bits per heavy atom. The lowest BCUT2D eigenvalue weighted by atomic mass is 9.90. The summed E-state index contributed by atoms with van der Waals surface area (Å²) >= 11 is 7.63. The molecule has 0 bridgehead atoms. The van der Waals surface area contributed by atoms with E-state index in [0.29, 0.717) is 10.7 Å². The molecule has 2 fully saturated rings. The van der Waals surface area contributed by atoms with E-state index in [1.165, 1.54) is 4.90 Å². The molecule has 156 valence electrons. The summed E-state index contributed by atoms with van der Waals surface area (Å²) in [6.45, 7) is 0. The molecule has 0 spiro atoms. The van der Waals surface area contributed by atoms with Crippen LogP contribution in [0.1, 0.15) is 11.6 Å². The topological polar surface area (TPSA) is 49.9 Å². The Labute approximate surface area is 189 Å². The van der Waals surface area contributed by atoms with E-state index in [0.717, 1.165) is 16.1 Å². The van der Waals surface area contributed by atoms with Gasteiger partial charge < -0.3 is 0 Å². The highest BCUT2D eigenvalue weighted by atomic mass is 35.5. The molecule has 0 radical (unpaired) electrons. The van der Waals surface area contributed by atoms with Crippen molar-refractivity contribution in [3.63, 3.8) is 0 Å². The Hall–Kier alpha value is -2.80. The Morgan fingerprint density at radius 2 is 1.52 bits per heavy atom. The molecule has 0 saturated carbocycles. The molecule has 5 nitrogen and oxygen atoms in total. The van der Waals surface area contributed by atoms with E-state index in [1.54, 1.807) is 41.1 Å². The maximum absolute atomic E-state index is 13.5. The predicted molar refractivity (Wildman–Crippen MR) is 122 cm³/mol. The molecule has 0 aliphatic carbocycles. The molecule has 2 aliphatic heterocycles. The maximum atomic E-state index is 13.5. The van der Waals surface area contributed by atoms with Crippen LogP contribution in [0.3, 0.4) is 0 Å². The molecule has 2 heterocycles. The summed E-state index contributed by atoms with van der Waals surface area (Å²) in [5.41, 5.74) is 2.22. The van der Waals surface area contributed by atoms with Crippen molar-refractivity contribution in [2.75, 3.05) is 16.2 Å². The minimum Gasteiger partial charge on any atom is -0.273 e. The molecule has 2 saturated heterocycles. The van der Waals surface area contributed by atoms with Gasteiger partial charge in [-0.2, -0.15) is 0 Å². The first kappa shape index (κ1) is 20.1. The smallest absolute Gasteiger partial charge is 0.266 e. The van der Waals surface area contributed by atoms with Crippen molar-refractivity contribution in [1.29, 1.82) is 0 Å². The number of halogens is 1. The van der Waals surface area contributed by atoms with E-state index >= 15 is 0 Å². The second kappa shape index (κ2) is 8.04. The molecular formula is C24H19ClN2O3S. The fourth-order valence-electron chi connectivity index (χ4n) is 4.20. The van der Waals surface area contributed by atoms with Gasteiger partial charge in [0.05, 0.1) is 17.4 Å². The van der Waals surface area contributed by atoms with Crippen molar-refractivity contribution in [2.24, 2.45) is 5.92 Å². The Bertz CT molecular complexity index is 1120. The molecule has 2 amide bonds. The summed E-state index contributed by atoms with van der Waals surface area (Å²) in [5.74, 6) is -1.28. The third kappa shape index (κ3) is 3.41. The monoisotopic (exact) mass is 450 g/mol. The van der Waals surface area contributed by atoms with Gasteiger partial charge >= 0.3 is 0 Å². The van der Waals surface area contributed by atoms with Crippen molar-refractivity contribution in [3.8, 4) is 0 Å². The van der Waals surface area contributed by atoms with Gasteiger partial charge in [-0.3, -0.25) is 14.4 Å². The second-order valence-corrected chi connectivity index (χ2v) is 8.74. The van der Waals surface area contributed by atoms with Crippen molar-refractivity contribution in [2.45, 2.75) is 17.0 Å². The number of carbonyl (C=O) groups excluding carboxylic acids is 2. The minimum atomic E-state index is -0.881. The lowest BCUT2D eigenvalue weighted by Crippen LogP contribution is -2.37. The number of amides is 2. The standard InChI is InChI=1S/C24H19ClN2O3S/c1-31-19-13-7-15(8-14-19)21-20-22(30-27(21)18-5-3-2-4-6-18)24(29)26(23(20)28)17-11-9-16(25)10-12-17/h2-14,20-22H,1H3/t20-,21-,22-/m0/s1. The largest absolute Gasteiger partial charge is 0.273 e. The van der Waals surface area contributed by atoms with Gasteiger partial charge in [-0.05, 0) is 60.4 Å². The van der Waals surface area contributed by atoms with E-state index in [2.05, 4.69) is 0 Å². The zero-order valence-electron chi connectivity index (χ0n) is 16.6. The van der Waals surface area contributed by atoms with Crippen molar-refractivity contribution in [1.82, 2.24) is 0 Å². The number of nitrogens with zero attached hydrogens (tertiary/aromatic N) is 2. The predicted octanol–water partition coefficient (Wildman–Crippen LogP) is 5.11. The number of hydrogen-bond acceptors (Lipinski definition) is 5. The first-order valence-electron chi connectivity index (χ1n) is 9.87. The SMILES string of the molecule is CSc1ccc([C@H]2[C@@H]3C(=O)N(c4ccc(Cl)cc4)C(=O)[C@H]3ON2c2ccccc2)cc1. The van der Waals surface area contributed by atoms with Crippen molar-refractivity contribution >= 4 is 46.6 Å². The number of thioether (sulfide) groups is 1. The van der Waals surface area contributed by atoms with E-state index < -0.39 is 18.1 Å². The molecule has 3 atom stereocenters. The van der Waals surface area contributed by atoms with Gasteiger partial charge in [0.1, 0.15) is 5.92 Å². The first-order valence-corrected chi connectivity index (χ1v) is 11.5. The number of para-hydroxylation sites is 1. The quantitative estimate of drug-likeness (QED) is 0.408. The van der Waals surface area contributed by atoms with Gasteiger partial charge in [-0.25, -0.2) is 9.96 Å². The van der Waals surface area contributed by atoms with E-state index in [1.807, 2.05) is 60.9 Å². The zero-order valence-corrected chi connectivity index (χ0v) is 18.2. The van der Waals surface area contributed by atoms with Gasteiger partial charge in [0.25, 0.3) is 5.91 Å². The third-order valence-electron chi connectivity index (χ3n) is 5.67. The molecule has 31 heavy (non-hydrogen) atoms. The van der Waals surface area contributed by atoms with E-state index in [9.17, 15) is 9.59 Å². The number of benzene rings is 3. The van der Waals surface area contributed by atoms with E-state index in [-0.39, 0.29) is 11.8 Å². The average Bonchev–Trinajstić information content (AvgIpc) is 3.31. The van der Waals surface area contributed by atoms with Crippen LogP contribution in [-0.2, 0) is 14.4 Å². The second-order valence-electron chi connectivity index (χ2n) is 7.42. The summed E-state index contributed by atoms with van der Waals surface area (Å²) in [5, 5.41) is 2.25. The number of hydrogen-bond donors (Lipinski definition) is 0. The maximum Gasteiger partial charge on any atom is 0.266 e. The molecule has 3 aromatic rings. The van der Waals surface area contributed by atoms with Gasteiger partial charge in [0.2, 0.25) is 5.91 Å². The molecule has 5 rings (SSSR count). The van der Waals surface area contributed by atoms with Crippen LogP contribution in [0.15, 0.2) is 83.8 Å². The molecule has 2 aliphatic rings. The van der Waals surface area contributed by atoms with Crippen LogP contribution in [0.4, 0.5) is 11.4 Å². The summed E-state index contributed by atoms with van der Waals surface area (Å²) in [6, 6.07) is 23.9. The van der Waals surface area contributed by atoms with Crippen LogP contribution in [0.25, 0.3) is 0 Å². The van der Waals surface area contributed by atoms with Crippen LogP contribution < -0.4 is 9.96 Å². The highest BCUT2D eigenvalue weighted by Gasteiger charge is 2.60. The van der Waals surface area contributed by atoms with Gasteiger partial charge in [0.15, 0.2) is 6.10 Å². The Morgan fingerprint density at radius 3 is 2.16 bits per heavy atom. The Kier molecular flexibility index (Phi) is 5.22. The minimum absolute atomic E-state index is 0.269. The number of hydroxylamine groups is 1. The van der Waals surface area contributed by atoms with Gasteiger partial charge in [-0.1, -0.05) is 41.9 Å². The molecule has 0 unspecified atom stereocenters. The number of fused-ring (bicyclic) bond motifs is 1. The number of rotatable bonds is 4. The summed E-state index contributed by atoms with van der Waals surface area (Å²) in [4.78, 5) is 35.3. The molecule has 0 N–H and O–H groups in total. The zero-order chi connectivity index (χ0) is 21.5. The summed E-state index contributed by atoms with van der Waals surface area (Å²) in [7, 11) is 0. The van der Waals surface area contributed by atoms with Crippen LogP contribution in [0.5, 0.6) is 0 Å². The highest BCUT2D eigenvalue weighted by molar-refractivity contribution is 7.98. The van der Waals surface area contributed by atoms with Crippen LogP contribution >= 0.6 is 23.4 Å². The van der Waals surface area contributed by atoms with Gasteiger partial charge in [0, 0.05) is 9.92 Å². The summed E-state index contributed by atoms with van der Waals surface area (Å²) < 4.78 is 0. The lowest BCUT2D eigenvalue weighted by molar-refractivity contribution is -0.126. The van der Waals surface area contributed by atoms with Gasteiger partial charge in [-0.15, -0.1) is 11.8 Å². The fourth-order valence-corrected chi connectivity index (χ4v) is 4.73.